The maximum atomic E-state index is 9.00. The third-order valence-corrected chi connectivity index (χ3v) is 0.849. The van der Waals surface area contributed by atoms with Gasteiger partial charge in [-0.15, -0.1) is 0 Å². The van der Waals surface area contributed by atoms with Crippen molar-refractivity contribution >= 4 is 18.6 Å². The van der Waals surface area contributed by atoms with E-state index in [0.717, 1.165) is 12.8 Å². The van der Waals surface area contributed by atoms with E-state index in [1.54, 1.807) is 0 Å². The predicted molar refractivity (Wildman–Crippen MR) is 40.8 cm³/mol. The maximum absolute atomic E-state index is 9.00. The third-order valence-electron chi connectivity index (χ3n) is 0.283. The third kappa shape index (κ3) is 82.0. The van der Waals surface area contributed by atoms with Gasteiger partial charge < -0.3 is 10.0 Å². The molecule has 0 aromatic rings. The topological polar surface area (TPSA) is 40.5 Å². The SMILES string of the molecule is CC(=O)O.CN(C)CS. The molecule has 0 rings (SSSR count). The van der Waals surface area contributed by atoms with E-state index in [4.69, 9.17) is 9.90 Å². The van der Waals surface area contributed by atoms with Crippen molar-refractivity contribution in [2.45, 2.75) is 6.92 Å². The van der Waals surface area contributed by atoms with Gasteiger partial charge in [-0.3, -0.25) is 4.79 Å². The number of aliphatic carboxylic acids is 1. The van der Waals surface area contributed by atoms with E-state index in [2.05, 4.69) is 12.6 Å². The van der Waals surface area contributed by atoms with Crippen LogP contribution in [0.2, 0.25) is 0 Å². The van der Waals surface area contributed by atoms with Crippen molar-refractivity contribution in [3.63, 3.8) is 0 Å². The smallest absolute Gasteiger partial charge is 0.300 e. The van der Waals surface area contributed by atoms with Crippen LogP contribution in [-0.2, 0) is 4.79 Å². The van der Waals surface area contributed by atoms with Gasteiger partial charge in [0.05, 0.1) is 0 Å². The molecule has 4 heteroatoms. The van der Waals surface area contributed by atoms with Crippen LogP contribution in [0, 0.1) is 0 Å². The number of carboxylic acid groups (broad SMARTS) is 1. The number of rotatable bonds is 1. The van der Waals surface area contributed by atoms with E-state index >= 15 is 0 Å². The van der Waals surface area contributed by atoms with Crippen LogP contribution >= 0.6 is 12.6 Å². The average Bonchev–Trinajstić information content (AvgIpc) is 1.65. The Kier molecular flexibility index (Phi) is 9.99. The summed E-state index contributed by atoms with van der Waals surface area (Å²) in [6.45, 7) is 1.08. The summed E-state index contributed by atoms with van der Waals surface area (Å²) in [7, 11) is 3.96. The van der Waals surface area contributed by atoms with E-state index in [-0.39, 0.29) is 0 Å². The van der Waals surface area contributed by atoms with Gasteiger partial charge in [0.1, 0.15) is 0 Å². The van der Waals surface area contributed by atoms with Gasteiger partial charge in [0.15, 0.2) is 0 Å². The maximum Gasteiger partial charge on any atom is 0.300 e. The lowest BCUT2D eigenvalue weighted by Crippen LogP contribution is -2.06. The van der Waals surface area contributed by atoms with Gasteiger partial charge in [0.25, 0.3) is 5.97 Å². The first-order chi connectivity index (χ1) is 4.00. The molecular formula is C5H13NO2S. The predicted octanol–water partition coefficient (Wildman–Crippen LogP) is 0.526. The van der Waals surface area contributed by atoms with Crippen molar-refractivity contribution in [3.05, 3.63) is 0 Å². The first-order valence-electron chi connectivity index (χ1n) is 2.45. The summed E-state index contributed by atoms with van der Waals surface area (Å²) in [5, 5.41) is 7.42. The van der Waals surface area contributed by atoms with Crippen LogP contribution in [0.3, 0.4) is 0 Å². The number of hydrogen-bond donors (Lipinski definition) is 2. The molecule has 0 amide bonds. The molecule has 0 fully saturated rings. The van der Waals surface area contributed by atoms with Crippen LogP contribution in [0.15, 0.2) is 0 Å². The molecule has 3 nitrogen and oxygen atoms in total. The summed E-state index contributed by atoms with van der Waals surface area (Å²) in [6.07, 6.45) is 0. The molecule has 0 radical (unpaired) electrons. The minimum atomic E-state index is -0.833. The minimum absolute atomic E-state index is 0.833. The Labute approximate surface area is 61.1 Å². The molecule has 0 aliphatic carbocycles. The summed E-state index contributed by atoms with van der Waals surface area (Å²) in [5.41, 5.74) is 0. The first-order valence-corrected chi connectivity index (χ1v) is 3.09. The summed E-state index contributed by atoms with van der Waals surface area (Å²) in [5.74, 6) is 0. The molecule has 0 bridgehead atoms. The summed E-state index contributed by atoms with van der Waals surface area (Å²) in [4.78, 5) is 11.0. The molecule has 0 heterocycles. The molecule has 1 N–H and O–H groups in total. The Morgan fingerprint density at radius 2 is 1.78 bits per heavy atom. The van der Waals surface area contributed by atoms with Crippen LogP contribution in [0.1, 0.15) is 6.92 Å². The molecule has 0 aromatic carbocycles. The summed E-state index contributed by atoms with van der Waals surface area (Å²) < 4.78 is 0. The highest BCUT2D eigenvalue weighted by atomic mass is 32.1. The fourth-order valence-corrected chi connectivity index (χ4v) is 0. The van der Waals surface area contributed by atoms with Crippen LogP contribution in [0.5, 0.6) is 0 Å². The number of hydrogen-bond acceptors (Lipinski definition) is 3. The Hall–Kier alpha value is -0.220. The molecule has 0 spiro atoms. The van der Waals surface area contributed by atoms with Gasteiger partial charge in [-0.25, -0.2) is 0 Å². The van der Waals surface area contributed by atoms with Crippen LogP contribution in [-0.4, -0.2) is 35.9 Å². The lowest BCUT2D eigenvalue weighted by atomic mass is 10.9. The standard InChI is InChI=1S/C3H9NS.C2H4O2/c1-4(2)3-5;1-2(3)4/h5H,3H2,1-2H3;1H3,(H,3,4). The highest BCUT2D eigenvalue weighted by Crippen LogP contribution is 1.73. The van der Waals surface area contributed by atoms with Gasteiger partial charge in [0, 0.05) is 12.8 Å². The zero-order valence-corrected chi connectivity index (χ0v) is 6.85. The minimum Gasteiger partial charge on any atom is -0.481 e. The van der Waals surface area contributed by atoms with Gasteiger partial charge in [0.2, 0.25) is 0 Å². The lowest BCUT2D eigenvalue weighted by Gasteiger charge is -1.99. The zero-order chi connectivity index (χ0) is 7.86. The normalized spacial score (nSPS) is 8.11. The second-order valence-corrected chi connectivity index (χ2v) is 2.02. The molecule has 0 aliphatic rings. The molecule has 9 heavy (non-hydrogen) atoms. The Bertz CT molecular complexity index is 71.4. The van der Waals surface area contributed by atoms with E-state index in [0.29, 0.717) is 0 Å². The number of carboxylic acids is 1. The van der Waals surface area contributed by atoms with Crippen LogP contribution in [0.4, 0.5) is 0 Å². The lowest BCUT2D eigenvalue weighted by molar-refractivity contribution is -0.134. The van der Waals surface area contributed by atoms with Gasteiger partial charge in [-0.2, -0.15) is 12.6 Å². The largest absolute Gasteiger partial charge is 0.481 e. The van der Waals surface area contributed by atoms with Crippen molar-refractivity contribution in [2.75, 3.05) is 20.0 Å². The summed E-state index contributed by atoms with van der Waals surface area (Å²) in [6, 6.07) is 0. The van der Waals surface area contributed by atoms with Crippen LogP contribution in [0.25, 0.3) is 0 Å². The zero-order valence-electron chi connectivity index (χ0n) is 5.96. The highest BCUT2D eigenvalue weighted by Gasteiger charge is 1.72. The number of nitrogens with zero attached hydrogens (tertiary/aromatic N) is 1. The van der Waals surface area contributed by atoms with Crippen molar-refractivity contribution in [2.24, 2.45) is 0 Å². The molecule has 0 saturated carbocycles. The van der Waals surface area contributed by atoms with Crippen molar-refractivity contribution < 1.29 is 9.90 Å². The molecule has 0 aromatic heterocycles. The summed E-state index contributed by atoms with van der Waals surface area (Å²) >= 11 is 3.94. The monoisotopic (exact) mass is 151 g/mol. The number of thiol groups is 1. The van der Waals surface area contributed by atoms with E-state index in [1.807, 2.05) is 19.0 Å². The molecule has 0 saturated heterocycles. The van der Waals surface area contributed by atoms with Crippen LogP contribution < -0.4 is 0 Å². The Morgan fingerprint density at radius 3 is 1.78 bits per heavy atom. The van der Waals surface area contributed by atoms with E-state index in [9.17, 15) is 0 Å². The van der Waals surface area contributed by atoms with Crippen molar-refractivity contribution in [1.29, 1.82) is 0 Å². The van der Waals surface area contributed by atoms with E-state index < -0.39 is 5.97 Å². The quantitative estimate of drug-likeness (QED) is 0.424. The molecular weight excluding hydrogens is 138 g/mol. The van der Waals surface area contributed by atoms with Gasteiger partial charge >= 0.3 is 0 Å². The molecule has 0 aliphatic heterocycles. The van der Waals surface area contributed by atoms with Crippen molar-refractivity contribution in [1.82, 2.24) is 4.90 Å². The average molecular weight is 151 g/mol. The van der Waals surface area contributed by atoms with Crippen molar-refractivity contribution in [3.8, 4) is 0 Å². The highest BCUT2D eigenvalue weighted by molar-refractivity contribution is 7.80. The fraction of sp³-hybridized carbons (Fsp3) is 0.800. The first kappa shape index (κ1) is 11.6. The fourth-order valence-electron chi connectivity index (χ4n) is 0. The molecule has 0 unspecified atom stereocenters. The molecule has 0 atom stereocenters. The molecule has 56 valence electrons. The van der Waals surface area contributed by atoms with E-state index in [1.165, 1.54) is 0 Å². The van der Waals surface area contributed by atoms with Gasteiger partial charge in [-0.05, 0) is 14.1 Å². The van der Waals surface area contributed by atoms with Gasteiger partial charge in [-0.1, -0.05) is 0 Å². The number of carbonyl (C=O) groups is 1. The second kappa shape index (κ2) is 7.78. The second-order valence-electron chi connectivity index (χ2n) is 1.74. The Balaban J connectivity index is 0. The Morgan fingerprint density at radius 1 is 1.67 bits per heavy atom.